The molecule has 1 heterocycles. The number of methoxy groups -OCH3 is 1. The Bertz CT molecular complexity index is 1100. The second kappa shape index (κ2) is 7.73. The van der Waals surface area contributed by atoms with Crippen LogP contribution in [0.5, 0.6) is 5.75 Å². The van der Waals surface area contributed by atoms with Gasteiger partial charge in [-0.2, -0.15) is 0 Å². The predicted molar refractivity (Wildman–Crippen MR) is 103 cm³/mol. The summed E-state index contributed by atoms with van der Waals surface area (Å²) in [5, 5.41) is 2.90. The molecule has 0 spiro atoms. The Kier molecular flexibility index (Phi) is 5.53. The highest BCUT2D eigenvalue weighted by Crippen LogP contribution is 2.40. The summed E-state index contributed by atoms with van der Waals surface area (Å²) in [5.74, 6) is -1.67. The van der Waals surface area contributed by atoms with Gasteiger partial charge in [0.15, 0.2) is 0 Å². The van der Waals surface area contributed by atoms with E-state index >= 15 is 0 Å². The molecule has 8 heteroatoms. The maximum atomic E-state index is 14.6. The van der Waals surface area contributed by atoms with Crippen LogP contribution in [0, 0.1) is 18.6 Å². The van der Waals surface area contributed by atoms with Crippen LogP contribution in [0.4, 0.5) is 8.78 Å². The number of benzene rings is 2. The van der Waals surface area contributed by atoms with Gasteiger partial charge in [-0.15, -0.1) is 0 Å². The molecule has 5 nitrogen and oxygen atoms in total. The average molecular weight is 406 g/mol. The van der Waals surface area contributed by atoms with E-state index in [4.69, 9.17) is 4.74 Å². The van der Waals surface area contributed by atoms with E-state index < -0.39 is 27.2 Å². The number of hydrogen-bond donors (Lipinski definition) is 1. The van der Waals surface area contributed by atoms with E-state index in [0.29, 0.717) is 5.56 Å². The Labute approximate surface area is 162 Å². The maximum Gasteiger partial charge on any atom is 0.268 e. The third-order valence-corrected chi connectivity index (χ3v) is 5.97. The van der Waals surface area contributed by atoms with Crippen molar-refractivity contribution in [2.75, 3.05) is 14.2 Å². The van der Waals surface area contributed by atoms with Crippen LogP contribution in [0.2, 0.25) is 0 Å². The fourth-order valence-electron chi connectivity index (χ4n) is 3.09. The zero-order chi connectivity index (χ0) is 20.5. The van der Waals surface area contributed by atoms with Crippen LogP contribution in [0.25, 0.3) is 11.3 Å². The number of halogens is 2. The molecular formula is C20H20F2N2O3S. The van der Waals surface area contributed by atoms with Crippen LogP contribution < -0.4 is 10.1 Å². The van der Waals surface area contributed by atoms with Gasteiger partial charge in [0, 0.05) is 18.3 Å². The van der Waals surface area contributed by atoms with Gasteiger partial charge in [0.25, 0.3) is 10.0 Å². The fraction of sp³-hybridized carbons (Fsp3) is 0.200. The van der Waals surface area contributed by atoms with Crippen molar-refractivity contribution in [1.29, 1.82) is 0 Å². The lowest BCUT2D eigenvalue weighted by Crippen LogP contribution is -2.14. The molecule has 0 atom stereocenters. The zero-order valence-corrected chi connectivity index (χ0v) is 16.5. The molecule has 0 bridgehead atoms. The predicted octanol–water partition coefficient (Wildman–Crippen LogP) is 3.71. The summed E-state index contributed by atoms with van der Waals surface area (Å²) in [6, 6.07) is 9.69. The third kappa shape index (κ3) is 3.41. The zero-order valence-electron chi connectivity index (χ0n) is 15.7. The molecule has 0 aliphatic rings. The molecule has 0 unspecified atom stereocenters. The van der Waals surface area contributed by atoms with Crippen LogP contribution in [0.1, 0.15) is 11.1 Å². The molecule has 0 fully saturated rings. The summed E-state index contributed by atoms with van der Waals surface area (Å²) in [7, 11) is -1.12. The topological polar surface area (TPSA) is 60.3 Å². The molecule has 1 aromatic heterocycles. The molecule has 2 aromatic carbocycles. The second-order valence-electron chi connectivity index (χ2n) is 6.28. The molecule has 0 saturated heterocycles. The first kappa shape index (κ1) is 20.0. The van der Waals surface area contributed by atoms with Crippen molar-refractivity contribution >= 4 is 10.0 Å². The Hall–Kier alpha value is -2.71. The first-order valence-electron chi connectivity index (χ1n) is 8.50. The van der Waals surface area contributed by atoms with Crippen LogP contribution in [0.3, 0.4) is 0 Å². The summed E-state index contributed by atoms with van der Waals surface area (Å²) < 4.78 is 62.0. The molecule has 28 heavy (non-hydrogen) atoms. The van der Waals surface area contributed by atoms with Crippen LogP contribution in [-0.2, 0) is 16.6 Å². The second-order valence-corrected chi connectivity index (χ2v) is 8.10. The summed E-state index contributed by atoms with van der Waals surface area (Å²) in [6.45, 7) is 2.02. The van der Waals surface area contributed by atoms with E-state index in [9.17, 15) is 17.2 Å². The molecular weight excluding hydrogens is 386 g/mol. The Balaban J connectivity index is 2.39. The van der Waals surface area contributed by atoms with Gasteiger partial charge in [-0.05, 0) is 43.8 Å². The number of aryl methyl sites for hydroxylation is 1. The quantitative estimate of drug-likeness (QED) is 0.678. The minimum absolute atomic E-state index is 0.0131. The highest BCUT2D eigenvalue weighted by molar-refractivity contribution is 7.90. The average Bonchev–Trinajstić information content (AvgIpc) is 3.01. The lowest BCUT2D eigenvalue weighted by atomic mass is 10.1. The lowest BCUT2D eigenvalue weighted by molar-refractivity contribution is 0.410. The lowest BCUT2D eigenvalue weighted by Gasteiger charge is -2.14. The van der Waals surface area contributed by atoms with Crippen LogP contribution >= 0.6 is 0 Å². The van der Waals surface area contributed by atoms with E-state index in [0.717, 1.165) is 21.7 Å². The number of ether oxygens (including phenoxy) is 1. The number of aromatic nitrogens is 1. The van der Waals surface area contributed by atoms with Crippen LogP contribution in [-0.4, -0.2) is 26.5 Å². The van der Waals surface area contributed by atoms with Crippen molar-refractivity contribution in [3.05, 3.63) is 71.4 Å². The van der Waals surface area contributed by atoms with Gasteiger partial charge in [-0.3, -0.25) is 0 Å². The van der Waals surface area contributed by atoms with Crippen molar-refractivity contribution < 1.29 is 21.9 Å². The molecule has 0 radical (unpaired) electrons. The summed E-state index contributed by atoms with van der Waals surface area (Å²) in [5.41, 5.74) is 0.552. The third-order valence-electron chi connectivity index (χ3n) is 4.32. The van der Waals surface area contributed by atoms with Gasteiger partial charge in [0.05, 0.1) is 17.6 Å². The minimum atomic E-state index is -4.13. The van der Waals surface area contributed by atoms with Crippen LogP contribution in [0.15, 0.2) is 53.6 Å². The summed E-state index contributed by atoms with van der Waals surface area (Å²) in [6.07, 6.45) is 1.33. The molecule has 0 amide bonds. The Morgan fingerprint density at radius 1 is 1.11 bits per heavy atom. The van der Waals surface area contributed by atoms with Gasteiger partial charge in [-0.25, -0.2) is 21.2 Å². The van der Waals surface area contributed by atoms with Crippen molar-refractivity contribution in [1.82, 2.24) is 9.29 Å². The fourth-order valence-corrected chi connectivity index (χ4v) is 4.58. The van der Waals surface area contributed by atoms with E-state index in [1.165, 1.54) is 31.5 Å². The number of nitrogens with zero attached hydrogens (tertiary/aromatic N) is 1. The molecule has 1 N–H and O–H groups in total. The molecule has 0 saturated carbocycles. The van der Waals surface area contributed by atoms with Gasteiger partial charge in [0.2, 0.25) is 0 Å². The first-order chi connectivity index (χ1) is 13.3. The Morgan fingerprint density at radius 2 is 1.75 bits per heavy atom. The number of nitrogens with one attached hydrogen (secondary N) is 1. The molecule has 0 aliphatic carbocycles. The SMILES string of the molecule is CNCc1cn(S(=O)(=O)c2cccc(C)c2)c(-c2c(F)cccc2F)c1OC. The Morgan fingerprint density at radius 3 is 2.32 bits per heavy atom. The van der Waals surface area contributed by atoms with Crippen molar-refractivity contribution in [2.45, 2.75) is 18.4 Å². The van der Waals surface area contributed by atoms with E-state index in [2.05, 4.69) is 5.32 Å². The van der Waals surface area contributed by atoms with E-state index in [1.807, 2.05) is 0 Å². The smallest absolute Gasteiger partial charge is 0.268 e. The van der Waals surface area contributed by atoms with E-state index in [1.54, 1.807) is 26.1 Å². The molecule has 3 aromatic rings. The van der Waals surface area contributed by atoms with Gasteiger partial charge in [-0.1, -0.05) is 18.2 Å². The highest BCUT2D eigenvalue weighted by Gasteiger charge is 2.30. The normalized spacial score (nSPS) is 11.6. The monoisotopic (exact) mass is 406 g/mol. The van der Waals surface area contributed by atoms with Gasteiger partial charge < -0.3 is 10.1 Å². The first-order valence-corrected chi connectivity index (χ1v) is 9.94. The molecule has 3 rings (SSSR count). The summed E-state index contributed by atoms with van der Waals surface area (Å²) in [4.78, 5) is 0.0131. The highest BCUT2D eigenvalue weighted by atomic mass is 32.2. The number of rotatable bonds is 6. The van der Waals surface area contributed by atoms with Gasteiger partial charge in [0.1, 0.15) is 23.1 Å². The van der Waals surface area contributed by atoms with Crippen molar-refractivity contribution in [2.24, 2.45) is 0 Å². The van der Waals surface area contributed by atoms with Crippen molar-refractivity contribution in [3.63, 3.8) is 0 Å². The molecule has 0 aliphatic heterocycles. The van der Waals surface area contributed by atoms with Gasteiger partial charge >= 0.3 is 0 Å². The van der Waals surface area contributed by atoms with E-state index in [-0.39, 0.29) is 22.9 Å². The van der Waals surface area contributed by atoms with Crippen molar-refractivity contribution in [3.8, 4) is 17.0 Å². The standard InChI is InChI=1S/C20H20F2N2O3S/c1-13-6-4-7-15(10-13)28(25,26)24-12-14(11-23-2)20(27-3)19(24)18-16(21)8-5-9-17(18)22/h4-10,12,23H,11H2,1-3H3. The number of hydrogen-bond acceptors (Lipinski definition) is 4. The molecule has 148 valence electrons. The minimum Gasteiger partial charge on any atom is -0.494 e. The maximum absolute atomic E-state index is 14.6. The summed E-state index contributed by atoms with van der Waals surface area (Å²) >= 11 is 0. The largest absolute Gasteiger partial charge is 0.494 e.